The Morgan fingerprint density at radius 2 is 1.73 bits per heavy atom. The molecule has 8 nitrogen and oxygen atoms in total. The summed E-state index contributed by atoms with van der Waals surface area (Å²) in [5, 5.41) is 8.54. The number of para-hydroxylation sites is 2. The molecule has 0 aliphatic carbocycles. The van der Waals surface area contributed by atoms with Crippen LogP contribution in [0.25, 0.3) is 0 Å². The Balaban J connectivity index is 1.36. The van der Waals surface area contributed by atoms with Gasteiger partial charge in [-0.3, -0.25) is 9.59 Å². The minimum Gasteiger partial charge on any atom is -0.467 e. The summed E-state index contributed by atoms with van der Waals surface area (Å²) in [6, 6.07) is 19.4. The molecule has 0 saturated carbocycles. The van der Waals surface area contributed by atoms with Crippen LogP contribution in [0.1, 0.15) is 29.0 Å². The molecule has 2 heterocycles. The number of nitrogens with one attached hydrogen (secondary N) is 3. The minimum absolute atomic E-state index is 0.210. The van der Waals surface area contributed by atoms with Gasteiger partial charge in [0.2, 0.25) is 5.91 Å². The van der Waals surface area contributed by atoms with E-state index in [1.54, 1.807) is 47.6 Å². The predicted molar refractivity (Wildman–Crippen MR) is 125 cm³/mol. The van der Waals surface area contributed by atoms with Crippen LogP contribution in [0.4, 0.5) is 16.2 Å². The molecule has 33 heavy (non-hydrogen) atoms. The summed E-state index contributed by atoms with van der Waals surface area (Å²) >= 11 is 0. The number of hydrogen-bond acceptors (Lipinski definition) is 4. The molecule has 170 valence electrons. The first-order chi connectivity index (χ1) is 16.1. The van der Waals surface area contributed by atoms with Crippen molar-refractivity contribution >= 4 is 29.2 Å². The first-order valence-electron chi connectivity index (χ1n) is 10.9. The second-order valence-electron chi connectivity index (χ2n) is 7.88. The van der Waals surface area contributed by atoms with Gasteiger partial charge in [0.05, 0.1) is 30.0 Å². The van der Waals surface area contributed by atoms with Crippen LogP contribution in [0.3, 0.4) is 0 Å². The van der Waals surface area contributed by atoms with Gasteiger partial charge in [0.25, 0.3) is 5.91 Å². The average molecular weight is 447 g/mol. The Hall–Kier alpha value is -4.07. The van der Waals surface area contributed by atoms with Crippen molar-refractivity contribution in [1.29, 1.82) is 0 Å². The smallest absolute Gasteiger partial charge is 0.321 e. The van der Waals surface area contributed by atoms with Gasteiger partial charge in [0, 0.05) is 18.8 Å². The first-order valence-corrected chi connectivity index (χ1v) is 10.9. The van der Waals surface area contributed by atoms with Crippen LogP contribution >= 0.6 is 0 Å². The molecule has 8 heteroatoms. The molecule has 3 N–H and O–H groups in total. The summed E-state index contributed by atoms with van der Waals surface area (Å²) in [6.45, 7) is 1.16. The normalized spacial score (nSPS) is 15.5. The largest absolute Gasteiger partial charge is 0.467 e. The Morgan fingerprint density at radius 3 is 2.52 bits per heavy atom. The molecule has 0 spiro atoms. The molecular weight excluding hydrogens is 420 g/mol. The number of urea groups is 1. The SMILES string of the molecule is O=C(NCc1ccco1)c1ccccc1NC(=O)C1CCCN(C(=O)Nc2ccccc2)C1. The maximum atomic E-state index is 13.0. The molecule has 2 aromatic carbocycles. The topological polar surface area (TPSA) is 104 Å². The molecule has 1 aliphatic heterocycles. The average Bonchev–Trinajstić information content (AvgIpc) is 3.37. The fraction of sp³-hybridized carbons (Fsp3) is 0.240. The number of hydrogen-bond donors (Lipinski definition) is 3. The lowest BCUT2D eigenvalue weighted by Gasteiger charge is -2.32. The van der Waals surface area contributed by atoms with Gasteiger partial charge < -0.3 is 25.3 Å². The molecule has 4 rings (SSSR count). The molecular formula is C25H26N4O4. The van der Waals surface area contributed by atoms with Crippen LogP contribution in [-0.4, -0.2) is 35.8 Å². The lowest BCUT2D eigenvalue weighted by Crippen LogP contribution is -2.45. The van der Waals surface area contributed by atoms with Crippen LogP contribution in [0.5, 0.6) is 0 Å². The van der Waals surface area contributed by atoms with Gasteiger partial charge in [-0.1, -0.05) is 30.3 Å². The van der Waals surface area contributed by atoms with Crippen LogP contribution < -0.4 is 16.0 Å². The third kappa shape index (κ3) is 5.79. The van der Waals surface area contributed by atoms with Gasteiger partial charge in [0.1, 0.15) is 5.76 Å². The summed E-state index contributed by atoms with van der Waals surface area (Å²) < 4.78 is 5.24. The Kier molecular flexibility index (Phi) is 7.04. The Morgan fingerprint density at radius 1 is 0.939 bits per heavy atom. The summed E-state index contributed by atoms with van der Waals surface area (Å²) in [5.74, 6) is -0.242. The molecule has 0 bridgehead atoms. The van der Waals surface area contributed by atoms with Crippen LogP contribution in [0.2, 0.25) is 0 Å². The zero-order chi connectivity index (χ0) is 23.0. The summed E-state index contributed by atoms with van der Waals surface area (Å²) in [4.78, 5) is 40.0. The van der Waals surface area contributed by atoms with Gasteiger partial charge in [-0.25, -0.2) is 4.79 Å². The van der Waals surface area contributed by atoms with Crippen molar-refractivity contribution in [2.75, 3.05) is 23.7 Å². The summed E-state index contributed by atoms with van der Waals surface area (Å²) in [7, 11) is 0. The fourth-order valence-corrected chi connectivity index (χ4v) is 3.80. The van der Waals surface area contributed by atoms with Crippen LogP contribution in [-0.2, 0) is 11.3 Å². The van der Waals surface area contributed by atoms with Gasteiger partial charge in [-0.05, 0) is 49.2 Å². The highest BCUT2D eigenvalue weighted by atomic mass is 16.3. The number of likely N-dealkylation sites (tertiary alicyclic amines) is 1. The zero-order valence-corrected chi connectivity index (χ0v) is 18.1. The lowest BCUT2D eigenvalue weighted by atomic mass is 9.97. The van der Waals surface area contributed by atoms with Crippen molar-refractivity contribution in [1.82, 2.24) is 10.2 Å². The molecule has 1 aliphatic rings. The van der Waals surface area contributed by atoms with Crippen molar-refractivity contribution in [3.8, 4) is 0 Å². The number of anilines is 2. The first kappa shape index (κ1) is 22.1. The Bertz CT molecular complexity index is 1100. The van der Waals surface area contributed by atoms with E-state index >= 15 is 0 Å². The number of benzene rings is 2. The molecule has 1 aromatic heterocycles. The standard InChI is InChI=1S/C25H26N4O4/c30-23(18-8-6-14-29(17-18)25(32)27-19-9-2-1-3-10-19)28-22-13-5-4-12-21(22)24(31)26-16-20-11-7-15-33-20/h1-5,7,9-13,15,18H,6,8,14,16-17H2,(H,26,31)(H,27,32)(H,28,30). The van der Waals surface area contributed by atoms with Gasteiger partial charge in [-0.2, -0.15) is 0 Å². The maximum absolute atomic E-state index is 13.0. The number of amides is 4. The molecule has 1 unspecified atom stereocenters. The summed E-state index contributed by atoms with van der Waals surface area (Å²) in [6.07, 6.45) is 2.95. The van der Waals surface area contributed by atoms with E-state index in [0.29, 0.717) is 42.2 Å². The van der Waals surface area contributed by atoms with E-state index in [4.69, 9.17) is 4.42 Å². The minimum atomic E-state index is -0.362. The fourth-order valence-electron chi connectivity index (χ4n) is 3.80. The quantitative estimate of drug-likeness (QED) is 0.530. The number of carbonyl (C=O) groups is 3. The van der Waals surface area contributed by atoms with E-state index in [1.807, 2.05) is 30.3 Å². The Labute approximate surface area is 192 Å². The number of rotatable bonds is 6. The zero-order valence-electron chi connectivity index (χ0n) is 18.1. The third-order valence-electron chi connectivity index (χ3n) is 5.54. The molecule has 4 amide bonds. The van der Waals surface area contributed by atoms with E-state index in [-0.39, 0.29) is 30.3 Å². The molecule has 3 aromatic rings. The van der Waals surface area contributed by atoms with E-state index in [0.717, 1.165) is 6.42 Å². The number of piperidine rings is 1. The van der Waals surface area contributed by atoms with Crippen molar-refractivity contribution in [2.45, 2.75) is 19.4 Å². The van der Waals surface area contributed by atoms with Crippen molar-refractivity contribution < 1.29 is 18.8 Å². The van der Waals surface area contributed by atoms with Crippen molar-refractivity contribution in [3.63, 3.8) is 0 Å². The maximum Gasteiger partial charge on any atom is 0.321 e. The predicted octanol–water partition coefficient (Wildman–Crippen LogP) is 4.09. The van der Waals surface area contributed by atoms with Crippen LogP contribution in [0.15, 0.2) is 77.4 Å². The molecule has 0 radical (unpaired) electrons. The third-order valence-corrected chi connectivity index (χ3v) is 5.54. The van der Waals surface area contributed by atoms with Crippen molar-refractivity contribution in [2.24, 2.45) is 5.92 Å². The highest BCUT2D eigenvalue weighted by Gasteiger charge is 2.29. The van der Waals surface area contributed by atoms with E-state index in [2.05, 4.69) is 16.0 Å². The highest BCUT2D eigenvalue weighted by molar-refractivity contribution is 6.04. The van der Waals surface area contributed by atoms with Gasteiger partial charge in [0.15, 0.2) is 0 Å². The second-order valence-corrected chi connectivity index (χ2v) is 7.88. The van der Waals surface area contributed by atoms with E-state index in [9.17, 15) is 14.4 Å². The summed E-state index contributed by atoms with van der Waals surface area (Å²) in [5.41, 5.74) is 1.51. The monoisotopic (exact) mass is 446 g/mol. The number of nitrogens with zero attached hydrogens (tertiary/aromatic N) is 1. The number of carbonyl (C=O) groups excluding carboxylic acids is 3. The van der Waals surface area contributed by atoms with E-state index < -0.39 is 0 Å². The van der Waals surface area contributed by atoms with Gasteiger partial charge in [-0.15, -0.1) is 0 Å². The second kappa shape index (κ2) is 10.5. The van der Waals surface area contributed by atoms with E-state index in [1.165, 1.54) is 0 Å². The number of furan rings is 1. The molecule has 1 fully saturated rings. The highest BCUT2D eigenvalue weighted by Crippen LogP contribution is 2.22. The van der Waals surface area contributed by atoms with Crippen molar-refractivity contribution in [3.05, 3.63) is 84.3 Å². The lowest BCUT2D eigenvalue weighted by molar-refractivity contribution is -0.121. The van der Waals surface area contributed by atoms with Crippen LogP contribution in [0, 0.1) is 5.92 Å². The molecule has 1 saturated heterocycles. The van der Waals surface area contributed by atoms with Gasteiger partial charge >= 0.3 is 6.03 Å². The molecule has 1 atom stereocenters.